The second-order valence-corrected chi connectivity index (χ2v) is 5.24. The van der Waals surface area contributed by atoms with Crippen LogP contribution >= 0.6 is 23.2 Å². The molecule has 1 N–H and O–H groups in total. The van der Waals surface area contributed by atoms with Gasteiger partial charge in [-0.25, -0.2) is 8.78 Å². The highest BCUT2D eigenvalue weighted by molar-refractivity contribution is 6.31. The minimum atomic E-state index is -0.551. The molecule has 6 heteroatoms. The van der Waals surface area contributed by atoms with Gasteiger partial charge in [-0.3, -0.25) is 0 Å². The summed E-state index contributed by atoms with van der Waals surface area (Å²) in [5.41, 5.74) is 1.34. The van der Waals surface area contributed by atoms with Crippen molar-refractivity contribution in [1.82, 2.24) is 0 Å². The number of hydrogen-bond acceptors (Lipinski definition) is 2. The summed E-state index contributed by atoms with van der Waals surface area (Å²) < 4.78 is 32.3. The van der Waals surface area contributed by atoms with Crippen molar-refractivity contribution in [2.45, 2.75) is 6.10 Å². The number of nitrogens with one attached hydrogen (secondary N) is 1. The molecule has 0 amide bonds. The van der Waals surface area contributed by atoms with E-state index in [1.165, 1.54) is 24.3 Å². The Bertz CT molecular complexity index is 678. The molecule has 20 heavy (non-hydrogen) atoms. The van der Waals surface area contributed by atoms with E-state index < -0.39 is 11.6 Å². The zero-order chi connectivity index (χ0) is 14.3. The maximum atomic E-state index is 13.4. The molecule has 0 bridgehead atoms. The molecular weight excluding hydrogens is 307 g/mol. The van der Waals surface area contributed by atoms with E-state index in [0.29, 0.717) is 23.5 Å². The third kappa shape index (κ3) is 2.41. The highest BCUT2D eigenvalue weighted by Gasteiger charge is 2.23. The summed E-state index contributed by atoms with van der Waals surface area (Å²) in [6.07, 6.45) is -0.374. The SMILES string of the molecule is Fc1ccc(C2CNc3cc(Cl)c(F)cc3O2)cc1Cl. The minimum Gasteiger partial charge on any atom is -0.482 e. The fourth-order valence-corrected chi connectivity index (χ4v) is 2.41. The quantitative estimate of drug-likeness (QED) is 0.814. The van der Waals surface area contributed by atoms with Crippen LogP contribution in [-0.2, 0) is 0 Å². The molecule has 0 fully saturated rings. The smallest absolute Gasteiger partial charge is 0.146 e. The molecule has 2 aromatic carbocycles. The van der Waals surface area contributed by atoms with Crippen molar-refractivity contribution in [1.29, 1.82) is 0 Å². The van der Waals surface area contributed by atoms with Crippen molar-refractivity contribution in [3.05, 3.63) is 57.6 Å². The van der Waals surface area contributed by atoms with Gasteiger partial charge in [-0.05, 0) is 23.8 Å². The number of anilines is 1. The van der Waals surface area contributed by atoms with Crippen molar-refractivity contribution >= 4 is 28.9 Å². The van der Waals surface area contributed by atoms with Crippen LogP contribution in [0.2, 0.25) is 10.0 Å². The average Bonchev–Trinajstić information content (AvgIpc) is 2.43. The lowest BCUT2D eigenvalue weighted by molar-refractivity contribution is 0.209. The Morgan fingerprint density at radius 3 is 2.55 bits per heavy atom. The predicted octanol–water partition coefficient (Wildman–Crippen LogP) is 4.82. The molecule has 1 aliphatic rings. The van der Waals surface area contributed by atoms with Crippen LogP contribution in [0.25, 0.3) is 0 Å². The molecule has 0 spiro atoms. The standard InChI is InChI=1S/C14H9Cl2F2NO/c15-8-3-7(1-2-10(8)17)14-6-19-12-4-9(16)11(18)5-13(12)20-14/h1-5,14,19H,6H2. The first-order valence-electron chi connectivity index (χ1n) is 5.89. The lowest BCUT2D eigenvalue weighted by Gasteiger charge is -2.28. The lowest BCUT2D eigenvalue weighted by atomic mass is 10.1. The maximum absolute atomic E-state index is 13.4. The zero-order valence-electron chi connectivity index (χ0n) is 10.1. The van der Waals surface area contributed by atoms with Crippen molar-refractivity contribution < 1.29 is 13.5 Å². The van der Waals surface area contributed by atoms with Gasteiger partial charge >= 0.3 is 0 Å². The second-order valence-electron chi connectivity index (χ2n) is 4.42. The first-order chi connectivity index (χ1) is 9.54. The molecule has 3 rings (SSSR count). The molecule has 1 unspecified atom stereocenters. The van der Waals surface area contributed by atoms with Crippen LogP contribution in [0.5, 0.6) is 5.75 Å². The summed E-state index contributed by atoms with van der Waals surface area (Å²) in [5, 5.41) is 3.16. The molecule has 1 aliphatic heterocycles. The Hall–Kier alpha value is -1.52. The summed E-state index contributed by atoms with van der Waals surface area (Å²) in [5.74, 6) is -0.675. The van der Waals surface area contributed by atoms with E-state index >= 15 is 0 Å². The van der Waals surface area contributed by atoms with Crippen molar-refractivity contribution in [2.75, 3.05) is 11.9 Å². The third-order valence-corrected chi connectivity index (χ3v) is 3.66. The fraction of sp³-hybridized carbons (Fsp3) is 0.143. The average molecular weight is 316 g/mol. The van der Waals surface area contributed by atoms with Gasteiger partial charge in [0.2, 0.25) is 0 Å². The molecule has 0 aliphatic carbocycles. The van der Waals surface area contributed by atoms with Gasteiger partial charge in [0, 0.05) is 6.07 Å². The molecule has 0 saturated carbocycles. The van der Waals surface area contributed by atoms with E-state index in [0.717, 1.165) is 0 Å². The van der Waals surface area contributed by atoms with Crippen LogP contribution in [0, 0.1) is 11.6 Å². The van der Waals surface area contributed by atoms with E-state index in [1.54, 1.807) is 6.07 Å². The highest BCUT2D eigenvalue weighted by Crippen LogP contribution is 2.37. The van der Waals surface area contributed by atoms with Crippen LogP contribution in [-0.4, -0.2) is 6.54 Å². The van der Waals surface area contributed by atoms with Crippen molar-refractivity contribution in [2.24, 2.45) is 0 Å². The van der Waals surface area contributed by atoms with Crippen molar-refractivity contribution in [3.8, 4) is 5.75 Å². The topological polar surface area (TPSA) is 21.3 Å². The number of ether oxygens (including phenoxy) is 1. The van der Waals surface area contributed by atoms with Crippen LogP contribution < -0.4 is 10.1 Å². The largest absolute Gasteiger partial charge is 0.482 e. The number of benzene rings is 2. The first kappa shape index (κ1) is 13.5. The second kappa shape index (κ2) is 5.11. The normalized spacial score (nSPS) is 17.1. The molecule has 104 valence electrons. The first-order valence-corrected chi connectivity index (χ1v) is 6.64. The lowest BCUT2D eigenvalue weighted by Crippen LogP contribution is -2.23. The van der Waals surface area contributed by atoms with Gasteiger partial charge in [0.1, 0.15) is 23.5 Å². The summed E-state index contributed by atoms with van der Waals surface area (Å²) in [7, 11) is 0. The Kier molecular flexibility index (Phi) is 3.44. The van der Waals surface area contributed by atoms with Crippen LogP contribution in [0.4, 0.5) is 14.5 Å². The van der Waals surface area contributed by atoms with Gasteiger partial charge in [-0.1, -0.05) is 29.3 Å². The molecule has 0 saturated heterocycles. The van der Waals surface area contributed by atoms with E-state index in [1.807, 2.05) is 0 Å². The summed E-state index contributed by atoms with van der Waals surface area (Å²) in [6.45, 7) is 0.455. The number of fused-ring (bicyclic) bond motifs is 1. The molecule has 0 radical (unpaired) electrons. The third-order valence-electron chi connectivity index (χ3n) is 3.09. The van der Waals surface area contributed by atoms with E-state index in [9.17, 15) is 8.78 Å². The van der Waals surface area contributed by atoms with Crippen LogP contribution in [0.3, 0.4) is 0 Å². The van der Waals surface area contributed by atoms with Gasteiger partial charge in [-0.2, -0.15) is 0 Å². The summed E-state index contributed by atoms with van der Waals surface area (Å²) in [6, 6.07) is 7.06. The Balaban J connectivity index is 1.91. The van der Waals surface area contributed by atoms with Crippen molar-refractivity contribution in [3.63, 3.8) is 0 Å². The minimum absolute atomic E-state index is 0.0270. The predicted molar refractivity (Wildman–Crippen MR) is 74.7 cm³/mol. The highest BCUT2D eigenvalue weighted by atomic mass is 35.5. The molecule has 1 heterocycles. The molecule has 2 nitrogen and oxygen atoms in total. The van der Waals surface area contributed by atoms with Gasteiger partial charge in [0.25, 0.3) is 0 Å². The maximum Gasteiger partial charge on any atom is 0.146 e. The summed E-state index contributed by atoms with van der Waals surface area (Å²) in [4.78, 5) is 0. The molecule has 2 aromatic rings. The fourth-order valence-electron chi connectivity index (χ4n) is 2.06. The van der Waals surface area contributed by atoms with Gasteiger partial charge in [0.15, 0.2) is 0 Å². The molecular formula is C14H9Cl2F2NO. The monoisotopic (exact) mass is 315 g/mol. The van der Waals surface area contributed by atoms with Crippen LogP contribution in [0.1, 0.15) is 11.7 Å². The van der Waals surface area contributed by atoms with Gasteiger partial charge in [-0.15, -0.1) is 0 Å². The Morgan fingerprint density at radius 1 is 1.05 bits per heavy atom. The zero-order valence-corrected chi connectivity index (χ0v) is 11.6. The van der Waals surface area contributed by atoms with Gasteiger partial charge in [0.05, 0.1) is 22.3 Å². The number of hydrogen-bond donors (Lipinski definition) is 1. The summed E-state index contributed by atoms with van der Waals surface area (Å²) >= 11 is 11.5. The number of rotatable bonds is 1. The van der Waals surface area contributed by atoms with E-state index in [4.69, 9.17) is 27.9 Å². The van der Waals surface area contributed by atoms with Gasteiger partial charge < -0.3 is 10.1 Å². The molecule has 0 aromatic heterocycles. The Morgan fingerprint density at radius 2 is 1.80 bits per heavy atom. The van der Waals surface area contributed by atoms with Crippen LogP contribution in [0.15, 0.2) is 30.3 Å². The van der Waals surface area contributed by atoms with E-state index in [2.05, 4.69) is 5.32 Å². The number of halogens is 4. The molecule has 1 atom stereocenters. The van der Waals surface area contributed by atoms with E-state index in [-0.39, 0.29) is 16.1 Å². The Labute approximate surface area is 124 Å².